The van der Waals surface area contributed by atoms with Gasteiger partial charge in [-0.3, -0.25) is 9.55 Å². The number of aromatic nitrogens is 3. The number of fused-ring (bicyclic) bond motifs is 1. The Hall–Kier alpha value is -2.32. The molecule has 0 saturated carbocycles. The summed E-state index contributed by atoms with van der Waals surface area (Å²) in [5.41, 5.74) is 2.56. The van der Waals surface area contributed by atoms with Gasteiger partial charge in [-0.1, -0.05) is 18.2 Å². The van der Waals surface area contributed by atoms with E-state index in [4.69, 9.17) is 4.74 Å². The highest BCUT2D eigenvalue weighted by Crippen LogP contribution is 2.33. The van der Waals surface area contributed by atoms with Crippen LogP contribution in [0.1, 0.15) is 17.7 Å². The molecule has 0 spiro atoms. The number of aliphatic hydroxyl groups excluding tert-OH is 3. The van der Waals surface area contributed by atoms with Crippen molar-refractivity contribution in [2.75, 3.05) is 6.61 Å². The Morgan fingerprint density at radius 2 is 1.81 bits per heavy atom. The SMILES string of the molecule is OC[C@H]1O[C@@H](n2c(CCc3ccccn3)nc3ccccc32)[C@H](O)[C@@H]1O. The van der Waals surface area contributed by atoms with Crippen molar-refractivity contribution >= 4 is 11.0 Å². The highest BCUT2D eigenvalue weighted by atomic mass is 16.6. The van der Waals surface area contributed by atoms with Crippen LogP contribution in [-0.4, -0.2) is 54.8 Å². The standard InChI is InChI=1S/C19H21N3O4/c23-11-15-17(24)18(25)19(26-15)22-14-7-2-1-6-13(14)21-16(22)9-8-12-5-3-4-10-20-12/h1-7,10,15,17-19,23-25H,8-9,11H2/t15-,17-,18-,19-/m1/s1. The number of ether oxygens (including phenoxy) is 1. The van der Waals surface area contributed by atoms with Gasteiger partial charge in [0.1, 0.15) is 24.1 Å². The molecule has 0 unspecified atom stereocenters. The summed E-state index contributed by atoms with van der Waals surface area (Å²) in [6.45, 7) is -0.357. The minimum absolute atomic E-state index is 0.357. The number of hydrogen-bond acceptors (Lipinski definition) is 6. The molecular formula is C19H21N3O4. The average molecular weight is 355 g/mol. The second-order valence-electron chi connectivity index (χ2n) is 6.44. The molecule has 1 aliphatic heterocycles. The average Bonchev–Trinajstić information content (AvgIpc) is 3.18. The summed E-state index contributed by atoms with van der Waals surface area (Å²) in [5, 5.41) is 29.9. The zero-order valence-electron chi connectivity index (χ0n) is 14.1. The molecule has 136 valence electrons. The van der Waals surface area contributed by atoms with Crippen molar-refractivity contribution in [3.8, 4) is 0 Å². The number of pyridine rings is 1. The molecule has 4 atom stereocenters. The summed E-state index contributed by atoms with van der Waals surface area (Å²) >= 11 is 0. The number of aliphatic hydroxyl groups is 3. The van der Waals surface area contributed by atoms with Gasteiger partial charge in [0.05, 0.1) is 17.6 Å². The number of aryl methyl sites for hydroxylation is 2. The lowest BCUT2D eigenvalue weighted by molar-refractivity contribution is -0.0520. The predicted molar refractivity (Wildman–Crippen MR) is 94.4 cm³/mol. The first-order chi connectivity index (χ1) is 12.7. The first kappa shape index (κ1) is 17.1. The van der Waals surface area contributed by atoms with Crippen molar-refractivity contribution in [1.82, 2.24) is 14.5 Å². The molecule has 3 aromatic rings. The monoisotopic (exact) mass is 355 g/mol. The van der Waals surface area contributed by atoms with Gasteiger partial charge in [0, 0.05) is 18.3 Å². The smallest absolute Gasteiger partial charge is 0.164 e. The quantitative estimate of drug-likeness (QED) is 0.627. The Morgan fingerprint density at radius 1 is 1.00 bits per heavy atom. The Balaban J connectivity index is 1.70. The maximum atomic E-state index is 10.5. The number of benzene rings is 1. The highest BCUT2D eigenvalue weighted by molar-refractivity contribution is 5.76. The van der Waals surface area contributed by atoms with Gasteiger partial charge in [0.2, 0.25) is 0 Å². The third-order valence-electron chi connectivity index (χ3n) is 4.77. The molecule has 4 rings (SSSR count). The molecule has 7 heteroatoms. The van der Waals surface area contributed by atoms with E-state index in [-0.39, 0.29) is 6.61 Å². The van der Waals surface area contributed by atoms with Gasteiger partial charge >= 0.3 is 0 Å². The van der Waals surface area contributed by atoms with Gasteiger partial charge in [-0.25, -0.2) is 4.98 Å². The van der Waals surface area contributed by atoms with Crippen molar-refractivity contribution in [3.63, 3.8) is 0 Å². The summed E-state index contributed by atoms with van der Waals surface area (Å²) < 4.78 is 7.56. The van der Waals surface area contributed by atoms with Gasteiger partial charge in [-0.15, -0.1) is 0 Å². The van der Waals surface area contributed by atoms with E-state index in [9.17, 15) is 15.3 Å². The van der Waals surface area contributed by atoms with Crippen LogP contribution in [0, 0.1) is 0 Å². The fourth-order valence-electron chi connectivity index (χ4n) is 3.43. The van der Waals surface area contributed by atoms with Crippen molar-refractivity contribution in [3.05, 3.63) is 60.2 Å². The minimum Gasteiger partial charge on any atom is -0.394 e. The Bertz CT molecular complexity index is 883. The zero-order chi connectivity index (χ0) is 18.1. The van der Waals surface area contributed by atoms with Gasteiger partial charge in [0.25, 0.3) is 0 Å². The first-order valence-electron chi connectivity index (χ1n) is 8.67. The number of nitrogens with zero attached hydrogens (tertiary/aromatic N) is 3. The van der Waals surface area contributed by atoms with Crippen LogP contribution in [0.2, 0.25) is 0 Å². The van der Waals surface area contributed by atoms with Gasteiger partial charge < -0.3 is 20.1 Å². The van der Waals surface area contributed by atoms with Crippen LogP contribution in [0.3, 0.4) is 0 Å². The minimum atomic E-state index is -1.14. The fraction of sp³-hybridized carbons (Fsp3) is 0.368. The summed E-state index contributed by atoms with van der Waals surface area (Å²) in [4.78, 5) is 9.02. The lowest BCUT2D eigenvalue weighted by Crippen LogP contribution is -2.33. The summed E-state index contributed by atoms with van der Waals surface area (Å²) in [6, 6.07) is 13.4. The van der Waals surface area contributed by atoms with E-state index in [0.717, 1.165) is 22.6 Å². The summed E-state index contributed by atoms with van der Waals surface area (Å²) in [7, 11) is 0. The van der Waals surface area contributed by atoms with Crippen molar-refractivity contribution in [2.24, 2.45) is 0 Å². The second kappa shape index (κ2) is 7.13. The van der Waals surface area contributed by atoms with E-state index >= 15 is 0 Å². The lowest BCUT2D eigenvalue weighted by Gasteiger charge is -2.20. The molecule has 7 nitrogen and oxygen atoms in total. The third kappa shape index (κ3) is 2.99. The van der Waals surface area contributed by atoms with Gasteiger partial charge in [0.15, 0.2) is 6.23 Å². The predicted octanol–water partition coefficient (Wildman–Crippen LogP) is 0.828. The van der Waals surface area contributed by atoms with Crippen molar-refractivity contribution in [2.45, 2.75) is 37.4 Å². The van der Waals surface area contributed by atoms with E-state index in [0.29, 0.717) is 12.8 Å². The van der Waals surface area contributed by atoms with Gasteiger partial charge in [-0.2, -0.15) is 0 Å². The maximum Gasteiger partial charge on any atom is 0.164 e. The Labute approximate surface area is 150 Å². The molecule has 3 heterocycles. The number of para-hydroxylation sites is 2. The molecule has 1 saturated heterocycles. The van der Waals surface area contributed by atoms with Crippen LogP contribution < -0.4 is 0 Å². The summed E-state index contributed by atoms with van der Waals surface area (Å²) in [6.07, 6.45) is -0.845. The van der Waals surface area contributed by atoms with Crippen molar-refractivity contribution in [1.29, 1.82) is 0 Å². The van der Waals surface area contributed by atoms with Crippen LogP contribution in [0.25, 0.3) is 11.0 Å². The molecule has 0 radical (unpaired) electrons. The van der Waals surface area contributed by atoms with E-state index in [2.05, 4.69) is 9.97 Å². The molecule has 2 aromatic heterocycles. The second-order valence-corrected chi connectivity index (χ2v) is 6.44. The lowest BCUT2D eigenvalue weighted by atomic mass is 10.1. The first-order valence-corrected chi connectivity index (χ1v) is 8.67. The largest absolute Gasteiger partial charge is 0.394 e. The highest BCUT2D eigenvalue weighted by Gasteiger charge is 2.44. The molecule has 0 aliphatic carbocycles. The number of imidazole rings is 1. The topological polar surface area (TPSA) is 101 Å². The maximum absolute atomic E-state index is 10.5. The number of hydrogen-bond donors (Lipinski definition) is 3. The molecular weight excluding hydrogens is 334 g/mol. The fourth-order valence-corrected chi connectivity index (χ4v) is 3.43. The molecule has 0 bridgehead atoms. The molecule has 0 amide bonds. The van der Waals surface area contributed by atoms with E-state index in [1.54, 1.807) is 6.20 Å². The summed E-state index contributed by atoms with van der Waals surface area (Å²) in [5.74, 6) is 0.742. The van der Waals surface area contributed by atoms with Crippen LogP contribution in [-0.2, 0) is 17.6 Å². The van der Waals surface area contributed by atoms with E-state index < -0.39 is 24.5 Å². The third-order valence-corrected chi connectivity index (χ3v) is 4.77. The van der Waals surface area contributed by atoms with Crippen LogP contribution in [0.15, 0.2) is 48.7 Å². The van der Waals surface area contributed by atoms with E-state index in [1.165, 1.54) is 0 Å². The Morgan fingerprint density at radius 3 is 2.54 bits per heavy atom. The normalized spacial score (nSPS) is 25.8. The number of rotatable bonds is 5. The zero-order valence-corrected chi connectivity index (χ0v) is 14.1. The van der Waals surface area contributed by atoms with Crippen LogP contribution >= 0.6 is 0 Å². The molecule has 1 fully saturated rings. The van der Waals surface area contributed by atoms with Crippen LogP contribution in [0.5, 0.6) is 0 Å². The van der Waals surface area contributed by atoms with E-state index in [1.807, 2.05) is 47.0 Å². The Kier molecular flexibility index (Phi) is 4.69. The molecule has 26 heavy (non-hydrogen) atoms. The van der Waals surface area contributed by atoms with Crippen molar-refractivity contribution < 1.29 is 20.1 Å². The van der Waals surface area contributed by atoms with Gasteiger partial charge in [-0.05, 0) is 30.7 Å². The van der Waals surface area contributed by atoms with Crippen LogP contribution in [0.4, 0.5) is 0 Å². The molecule has 1 aliphatic rings. The molecule has 3 N–H and O–H groups in total. The molecule has 1 aromatic carbocycles.